The summed E-state index contributed by atoms with van der Waals surface area (Å²) in [5.74, 6) is -2.78. The van der Waals surface area contributed by atoms with E-state index in [1.54, 1.807) is 12.2 Å². The van der Waals surface area contributed by atoms with E-state index in [4.69, 9.17) is 4.74 Å². The van der Waals surface area contributed by atoms with Crippen molar-refractivity contribution in [3.63, 3.8) is 0 Å². The zero-order valence-corrected chi connectivity index (χ0v) is 20.1. The van der Waals surface area contributed by atoms with Crippen molar-refractivity contribution >= 4 is 11.9 Å². The zero-order valence-electron chi connectivity index (χ0n) is 20.1. The molecule has 0 bridgehead atoms. The normalized spacial score (nSPS) is 40.4. The van der Waals surface area contributed by atoms with Gasteiger partial charge in [0.25, 0.3) is 5.91 Å². The lowest BCUT2D eigenvalue weighted by Gasteiger charge is -2.49. The van der Waals surface area contributed by atoms with Crippen LogP contribution in [-0.4, -0.2) is 45.9 Å². The summed E-state index contributed by atoms with van der Waals surface area (Å²) in [5, 5.41) is 24.9. The predicted octanol–water partition coefficient (Wildman–Crippen LogP) is 2.96. The Morgan fingerprint density at radius 3 is 2.53 bits per heavy atom. The summed E-state index contributed by atoms with van der Waals surface area (Å²) in [4.78, 5) is 26.7. The molecule has 1 saturated carbocycles. The molecule has 3 aliphatic rings. The van der Waals surface area contributed by atoms with Crippen LogP contribution in [0.15, 0.2) is 66.8 Å². The van der Waals surface area contributed by atoms with Crippen molar-refractivity contribution in [1.29, 1.82) is 0 Å². The van der Waals surface area contributed by atoms with Gasteiger partial charge in [-0.15, -0.1) is 0 Å². The minimum absolute atomic E-state index is 0.0656. The average molecular weight is 466 g/mol. The summed E-state index contributed by atoms with van der Waals surface area (Å²) < 4.78 is 6.05. The summed E-state index contributed by atoms with van der Waals surface area (Å²) >= 11 is 0. The van der Waals surface area contributed by atoms with Gasteiger partial charge < -0.3 is 20.3 Å². The van der Waals surface area contributed by atoms with Crippen LogP contribution >= 0.6 is 0 Å². The van der Waals surface area contributed by atoms with Gasteiger partial charge in [-0.1, -0.05) is 75.9 Å². The number of allylic oxidation sites excluding steroid dienone is 1. The molecule has 3 N–H and O–H groups in total. The number of esters is 1. The van der Waals surface area contributed by atoms with Crippen LogP contribution in [0, 0.1) is 29.6 Å². The van der Waals surface area contributed by atoms with Crippen molar-refractivity contribution in [3.05, 3.63) is 72.4 Å². The maximum Gasteiger partial charge on any atom is 0.331 e. The standard InChI is InChI=1S/C28H35NO5/c1-16-9-8-12-21-26(32)19(4)18(3)24-22(15-20-10-6-5-7-11-20)29-27(33)28(21,24)34-23(30)14-13-17(2)25(16)31/h5-8,10-14,16-18,21-22,24-26,31-32H,4,9,15H2,1-3H3,(H,29,33)/t16-,17-,18+,21-,22-,24-,25+,26+,28+/m0/s1. The number of hydrogen-bond donors (Lipinski definition) is 3. The number of hydrogen-bond acceptors (Lipinski definition) is 5. The number of amides is 1. The van der Waals surface area contributed by atoms with E-state index in [0.29, 0.717) is 18.4 Å². The fourth-order valence-corrected chi connectivity index (χ4v) is 6.00. The van der Waals surface area contributed by atoms with Gasteiger partial charge in [0.1, 0.15) is 0 Å². The second-order valence-corrected chi connectivity index (χ2v) is 10.2. The van der Waals surface area contributed by atoms with Crippen molar-refractivity contribution in [3.8, 4) is 0 Å². The summed E-state index contributed by atoms with van der Waals surface area (Å²) in [7, 11) is 0. The molecule has 4 rings (SSSR count). The van der Waals surface area contributed by atoms with Crippen LogP contribution in [0.5, 0.6) is 0 Å². The molecule has 1 amide bonds. The molecule has 2 heterocycles. The van der Waals surface area contributed by atoms with Crippen LogP contribution in [0.25, 0.3) is 0 Å². The maximum absolute atomic E-state index is 13.7. The first-order valence-electron chi connectivity index (χ1n) is 12.1. The predicted molar refractivity (Wildman–Crippen MR) is 129 cm³/mol. The third kappa shape index (κ3) is 4.14. The minimum Gasteiger partial charge on any atom is -0.445 e. The second kappa shape index (κ2) is 9.51. The second-order valence-electron chi connectivity index (χ2n) is 10.2. The van der Waals surface area contributed by atoms with Crippen molar-refractivity contribution in [2.75, 3.05) is 0 Å². The quantitative estimate of drug-likeness (QED) is 0.461. The lowest BCUT2D eigenvalue weighted by Crippen LogP contribution is -2.61. The number of nitrogens with one attached hydrogen (secondary N) is 1. The number of ether oxygens (including phenoxy) is 1. The van der Waals surface area contributed by atoms with Crippen LogP contribution in [-0.2, 0) is 20.7 Å². The zero-order chi connectivity index (χ0) is 24.6. The SMILES string of the molecule is C=C1[C@@H](C)[C@H]2[C@H](Cc3ccccc3)NC(=O)[C@]23OC(=O)C=C[C@H](C)[C@H](O)[C@@H](C)CC=C[C@H]3[C@@H]1O. The molecule has 1 spiro atoms. The summed E-state index contributed by atoms with van der Waals surface area (Å²) in [6.45, 7) is 9.89. The van der Waals surface area contributed by atoms with Gasteiger partial charge in [0, 0.05) is 24.0 Å². The monoisotopic (exact) mass is 465 g/mol. The highest BCUT2D eigenvalue weighted by atomic mass is 16.6. The van der Waals surface area contributed by atoms with E-state index in [1.165, 1.54) is 6.08 Å². The van der Waals surface area contributed by atoms with Gasteiger partial charge >= 0.3 is 5.97 Å². The molecule has 182 valence electrons. The number of rotatable bonds is 2. The lowest BCUT2D eigenvalue weighted by atomic mass is 9.59. The highest BCUT2D eigenvalue weighted by molar-refractivity contribution is 5.94. The summed E-state index contributed by atoms with van der Waals surface area (Å²) in [6.07, 6.45) is 6.07. The van der Waals surface area contributed by atoms with Gasteiger partial charge in [-0.25, -0.2) is 4.79 Å². The van der Waals surface area contributed by atoms with E-state index in [9.17, 15) is 19.8 Å². The Labute approximate surface area is 201 Å². The third-order valence-electron chi connectivity index (χ3n) is 8.02. The van der Waals surface area contributed by atoms with Crippen molar-refractivity contribution in [2.24, 2.45) is 29.6 Å². The van der Waals surface area contributed by atoms with Crippen LogP contribution in [0.3, 0.4) is 0 Å². The summed E-state index contributed by atoms with van der Waals surface area (Å²) in [5.41, 5.74) is 0.143. The molecule has 6 heteroatoms. The molecule has 2 fully saturated rings. The summed E-state index contributed by atoms with van der Waals surface area (Å²) in [6, 6.07) is 9.59. The minimum atomic E-state index is -1.55. The first-order valence-corrected chi connectivity index (χ1v) is 12.1. The highest BCUT2D eigenvalue weighted by Crippen LogP contribution is 2.52. The molecule has 1 aromatic carbocycles. The Bertz CT molecular complexity index is 1000. The van der Waals surface area contributed by atoms with E-state index < -0.39 is 35.6 Å². The molecule has 1 aliphatic carbocycles. The maximum atomic E-state index is 13.7. The average Bonchev–Trinajstić information content (AvgIpc) is 3.08. The molecule has 6 nitrogen and oxygen atoms in total. The van der Waals surface area contributed by atoms with Crippen LogP contribution < -0.4 is 5.32 Å². The van der Waals surface area contributed by atoms with Gasteiger partial charge in [0.15, 0.2) is 0 Å². The van der Waals surface area contributed by atoms with Crippen LogP contribution in [0.2, 0.25) is 0 Å². The first-order chi connectivity index (χ1) is 16.2. The lowest BCUT2D eigenvalue weighted by molar-refractivity contribution is -0.182. The Kier molecular flexibility index (Phi) is 6.83. The Morgan fingerprint density at radius 2 is 1.82 bits per heavy atom. The molecule has 1 saturated heterocycles. The van der Waals surface area contributed by atoms with E-state index >= 15 is 0 Å². The number of carbonyl (C=O) groups excluding carboxylic acids is 2. The van der Waals surface area contributed by atoms with E-state index in [1.807, 2.05) is 57.2 Å². The van der Waals surface area contributed by atoms with E-state index in [0.717, 1.165) is 5.56 Å². The smallest absolute Gasteiger partial charge is 0.331 e. The fraction of sp³-hybridized carbons (Fsp3) is 0.500. The van der Waals surface area contributed by atoms with E-state index in [-0.39, 0.29) is 29.7 Å². The molecular formula is C28H35NO5. The molecule has 0 aromatic heterocycles. The topological polar surface area (TPSA) is 95.9 Å². The molecule has 1 aromatic rings. The fourth-order valence-electron chi connectivity index (χ4n) is 6.00. The molecule has 9 atom stereocenters. The van der Waals surface area contributed by atoms with Gasteiger partial charge in [-0.3, -0.25) is 4.79 Å². The van der Waals surface area contributed by atoms with Crippen molar-refractivity contribution < 1.29 is 24.5 Å². The number of aliphatic hydroxyl groups is 2. The van der Waals surface area contributed by atoms with Gasteiger partial charge in [0.05, 0.1) is 18.1 Å². The Hall–Kier alpha value is -2.70. The third-order valence-corrected chi connectivity index (χ3v) is 8.02. The highest BCUT2D eigenvalue weighted by Gasteiger charge is 2.67. The Balaban J connectivity index is 1.80. The van der Waals surface area contributed by atoms with E-state index in [2.05, 4.69) is 11.9 Å². The number of carbonyl (C=O) groups is 2. The molecular weight excluding hydrogens is 430 g/mol. The Morgan fingerprint density at radius 1 is 1.12 bits per heavy atom. The largest absolute Gasteiger partial charge is 0.445 e. The number of aliphatic hydroxyl groups excluding tert-OH is 2. The van der Waals surface area contributed by atoms with Crippen molar-refractivity contribution in [2.45, 2.75) is 57.5 Å². The molecule has 34 heavy (non-hydrogen) atoms. The van der Waals surface area contributed by atoms with Gasteiger partial charge in [-0.2, -0.15) is 0 Å². The van der Waals surface area contributed by atoms with Gasteiger partial charge in [0.2, 0.25) is 5.60 Å². The van der Waals surface area contributed by atoms with Gasteiger partial charge in [-0.05, 0) is 35.8 Å². The van der Waals surface area contributed by atoms with Crippen LogP contribution in [0.1, 0.15) is 32.8 Å². The van der Waals surface area contributed by atoms with Crippen molar-refractivity contribution in [1.82, 2.24) is 5.32 Å². The molecule has 0 radical (unpaired) electrons. The molecule has 2 aliphatic heterocycles. The van der Waals surface area contributed by atoms with Crippen LogP contribution in [0.4, 0.5) is 0 Å². The first kappa shape index (κ1) is 24.4. The molecule has 0 unspecified atom stereocenters. The number of benzene rings is 1.